The summed E-state index contributed by atoms with van der Waals surface area (Å²) < 4.78 is 0. The summed E-state index contributed by atoms with van der Waals surface area (Å²) in [4.78, 5) is 16.7. The van der Waals surface area contributed by atoms with Crippen molar-refractivity contribution >= 4 is 17.7 Å². The highest BCUT2D eigenvalue weighted by Crippen LogP contribution is 2.30. The van der Waals surface area contributed by atoms with Crippen molar-refractivity contribution in [1.29, 1.82) is 5.26 Å². The molecule has 2 rings (SSSR count). The molecule has 0 radical (unpaired) electrons. The lowest BCUT2D eigenvalue weighted by atomic mass is 9.78. The van der Waals surface area contributed by atoms with Gasteiger partial charge >= 0.3 is 0 Å². The molecule has 0 unspecified atom stereocenters. The number of pyridine rings is 1. The number of hydrogen-bond acceptors (Lipinski definition) is 4. The van der Waals surface area contributed by atoms with E-state index in [1.807, 2.05) is 19.9 Å². The third-order valence-corrected chi connectivity index (χ3v) is 5.79. The maximum atomic E-state index is 12.3. The van der Waals surface area contributed by atoms with Crippen molar-refractivity contribution in [3.63, 3.8) is 0 Å². The molecule has 0 bridgehead atoms. The molecule has 1 fully saturated rings. The summed E-state index contributed by atoms with van der Waals surface area (Å²) in [5.74, 6) is 1.52. The molecule has 4 nitrogen and oxygen atoms in total. The number of nitriles is 1. The minimum atomic E-state index is 0.0331. The number of hydrogen-bond donors (Lipinski definition) is 1. The number of thioether (sulfide) groups is 1. The molecule has 0 aliphatic heterocycles. The first-order valence-electron chi connectivity index (χ1n) is 8.23. The molecule has 3 atom stereocenters. The maximum Gasteiger partial charge on any atom is 0.230 e. The van der Waals surface area contributed by atoms with Gasteiger partial charge in [-0.3, -0.25) is 4.79 Å². The van der Waals surface area contributed by atoms with Crippen LogP contribution in [0.3, 0.4) is 0 Å². The second-order valence-corrected chi connectivity index (χ2v) is 7.57. The van der Waals surface area contributed by atoms with Gasteiger partial charge in [0.25, 0.3) is 0 Å². The van der Waals surface area contributed by atoms with Gasteiger partial charge in [-0.2, -0.15) is 5.26 Å². The molecule has 0 saturated heterocycles. The second-order valence-electron chi connectivity index (χ2n) is 6.60. The fourth-order valence-electron chi connectivity index (χ4n) is 3.21. The summed E-state index contributed by atoms with van der Waals surface area (Å²) in [5, 5.41) is 13.1. The number of nitrogens with zero attached hydrogens (tertiary/aromatic N) is 2. The fraction of sp³-hybridized carbons (Fsp3) is 0.611. The molecule has 0 aromatic carbocycles. The molecule has 124 valence electrons. The number of carbonyl (C=O) groups excluding carboxylic acids is 1. The summed E-state index contributed by atoms with van der Waals surface area (Å²) in [7, 11) is 0. The number of amides is 1. The average Bonchev–Trinajstić information content (AvgIpc) is 2.49. The number of aryl methyl sites for hydroxylation is 2. The molecule has 1 N–H and O–H groups in total. The van der Waals surface area contributed by atoms with Gasteiger partial charge in [0.2, 0.25) is 5.91 Å². The predicted octanol–water partition coefficient (Wildman–Crippen LogP) is 3.60. The van der Waals surface area contributed by atoms with Crippen LogP contribution in [0.4, 0.5) is 0 Å². The van der Waals surface area contributed by atoms with Crippen molar-refractivity contribution < 1.29 is 4.79 Å². The Labute approximate surface area is 143 Å². The first kappa shape index (κ1) is 17.8. The standard InChI is InChI=1S/C18H25N3OS/c1-11-6-5-7-16(14(11)4)21-17(22)10-23-18-15(9-19)12(2)8-13(3)20-18/h8,11,14,16H,5-7,10H2,1-4H3,(H,21,22)/t11-,14-,16-/m0/s1. The summed E-state index contributed by atoms with van der Waals surface area (Å²) in [6, 6.07) is 4.36. The van der Waals surface area contributed by atoms with Crippen LogP contribution in [0.1, 0.15) is 49.9 Å². The summed E-state index contributed by atoms with van der Waals surface area (Å²) in [6.45, 7) is 8.30. The molecule has 1 aliphatic rings. The largest absolute Gasteiger partial charge is 0.352 e. The molecule has 1 saturated carbocycles. The summed E-state index contributed by atoms with van der Waals surface area (Å²) in [6.07, 6.45) is 3.49. The summed E-state index contributed by atoms with van der Waals surface area (Å²) in [5.41, 5.74) is 2.37. The smallest absolute Gasteiger partial charge is 0.230 e. The van der Waals surface area contributed by atoms with Crippen molar-refractivity contribution in [2.45, 2.75) is 58.0 Å². The first-order valence-corrected chi connectivity index (χ1v) is 9.21. The minimum absolute atomic E-state index is 0.0331. The third kappa shape index (κ3) is 4.48. The second kappa shape index (κ2) is 7.83. The molecule has 0 spiro atoms. The van der Waals surface area contributed by atoms with Crippen molar-refractivity contribution in [2.75, 3.05) is 5.75 Å². The average molecular weight is 331 g/mol. The molecule has 1 heterocycles. The zero-order valence-corrected chi connectivity index (χ0v) is 15.2. The van der Waals surface area contributed by atoms with Gasteiger partial charge in [-0.1, -0.05) is 38.5 Å². The van der Waals surface area contributed by atoms with E-state index in [-0.39, 0.29) is 11.9 Å². The molecule has 1 aliphatic carbocycles. The van der Waals surface area contributed by atoms with Crippen LogP contribution in [0, 0.1) is 37.0 Å². The van der Waals surface area contributed by atoms with Crippen LogP contribution in [-0.2, 0) is 4.79 Å². The SMILES string of the molecule is Cc1cc(C)c(C#N)c(SCC(=O)N[C@H]2CCC[C@H](C)[C@@H]2C)n1. The lowest BCUT2D eigenvalue weighted by Crippen LogP contribution is -2.44. The normalized spacial score (nSPS) is 24.0. The van der Waals surface area contributed by atoms with Crippen molar-refractivity contribution in [2.24, 2.45) is 11.8 Å². The molecular weight excluding hydrogens is 306 g/mol. The van der Waals surface area contributed by atoms with Crippen LogP contribution in [0.5, 0.6) is 0 Å². The van der Waals surface area contributed by atoms with E-state index >= 15 is 0 Å². The lowest BCUT2D eigenvalue weighted by Gasteiger charge is -2.34. The van der Waals surface area contributed by atoms with Gasteiger partial charge in [-0.25, -0.2) is 4.98 Å². The van der Waals surface area contributed by atoms with E-state index in [1.54, 1.807) is 0 Å². The van der Waals surface area contributed by atoms with E-state index in [0.717, 1.165) is 17.7 Å². The quantitative estimate of drug-likeness (QED) is 0.856. The molecule has 23 heavy (non-hydrogen) atoms. The predicted molar refractivity (Wildman–Crippen MR) is 93.3 cm³/mol. The van der Waals surface area contributed by atoms with Crippen LogP contribution < -0.4 is 5.32 Å². The summed E-state index contributed by atoms with van der Waals surface area (Å²) >= 11 is 1.35. The van der Waals surface area contributed by atoms with Gasteiger partial charge in [0.15, 0.2) is 0 Å². The van der Waals surface area contributed by atoms with Gasteiger partial charge in [-0.15, -0.1) is 0 Å². The zero-order valence-electron chi connectivity index (χ0n) is 14.3. The number of carbonyl (C=O) groups is 1. The van der Waals surface area contributed by atoms with Gasteiger partial charge < -0.3 is 5.32 Å². The minimum Gasteiger partial charge on any atom is -0.352 e. The van der Waals surface area contributed by atoms with Crippen LogP contribution in [0.2, 0.25) is 0 Å². The topological polar surface area (TPSA) is 65.8 Å². The highest BCUT2D eigenvalue weighted by molar-refractivity contribution is 8.00. The molecule has 1 aromatic rings. The van der Waals surface area contributed by atoms with Gasteiger partial charge in [-0.05, 0) is 43.7 Å². The Hall–Kier alpha value is -1.54. The van der Waals surface area contributed by atoms with Crippen molar-refractivity contribution in [3.8, 4) is 6.07 Å². The van der Waals surface area contributed by atoms with E-state index in [9.17, 15) is 10.1 Å². The van der Waals surface area contributed by atoms with Gasteiger partial charge in [0, 0.05) is 11.7 Å². The molecule has 5 heteroatoms. The zero-order chi connectivity index (χ0) is 17.0. The number of aromatic nitrogens is 1. The Kier molecular flexibility index (Phi) is 6.06. The van der Waals surface area contributed by atoms with Crippen LogP contribution >= 0.6 is 11.8 Å². The van der Waals surface area contributed by atoms with E-state index in [2.05, 4.69) is 30.2 Å². The molecule has 1 amide bonds. The van der Waals surface area contributed by atoms with E-state index in [4.69, 9.17) is 0 Å². The Morgan fingerprint density at radius 2 is 2.17 bits per heavy atom. The van der Waals surface area contributed by atoms with E-state index in [0.29, 0.717) is 28.2 Å². The number of rotatable bonds is 4. The van der Waals surface area contributed by atoms with E-state index in [1.165, 1.54) is 24.6 Å². The van der Waals surface area contributed by atoms with Crippen LogP contribution in [-0.4, -0.2) is 22.7 Å². The van der Waals surface area contributed by atoms with Crippen molar-refractivity contribution in [3.05, 3.63) is 22.9 Å². The monoisotopic (exact) mass is 331 g/mol. The van der Waals surface area contributed by atoms with E-state index < -0.39 is 0 Å². The molecule has 1 aromatic heterocycles. The maximum absolute atomic E-state index is 12.3. The van der Waals surface area contributed by atoms with Crippen LogP contribution in [0.15, 0.2) is 11.1 Å². The highest BCUT2D eigenvalue weighted by Gasteiger charge is 2.28. The fourth-order valence-corrected chi connectivity index (χ4v) is 4.12. The highest BCUT2D eigenvalue weighted by atomic mass is 32.2. The van der Waals surface area contributed by atoms with Crippen LogP contribution in [0.25, 0.3) is 0 Å². The first-order chi connectivity index (χ1) is 10.9. The van der Waals surface area contributed by atoms with Gasteiger partial charge in [0.05, 0.1) is 11.3 Å². The Bertz CT molecular complexity index is 623. The molecular formula is C18H25N3OS. The van der Waals surface area contributed by atoms with Crippen molar-refractivity contribution in [1.82, 2.24) is 10.3 Å². The Morgan fingerprint density at radius 1 is 1.43 bits per heavy atom. The number of nitrogens with one attached hydrogen (secondary N) is 1. The lowest BCUT2D eigenvalue weighted by molar-refractivity contribution is -0.119. The Balaban J connectivity index is 1.96. The Morgan fingerprint density at radius 3 is 2.87 bits per heavy atom. The third-order valence-electron chi connectivity index (χ3n) is 4.82. The van der Waals surface area contributed by atoms with Gasteiger partial charge in [0.1, 0.15) is 11.1 Å².